The van der Waals surface area contributed by atoms with Crippen LogP contribution in [0.25, 0.3) is 10.9 Å². The first-order valence-electron chi connectivity index (χ1n) is 7.90. The topological polar surface area (TPSA) is 74.0 Å². The van der Waals surface area contributed by atoms with Gasteiger partial charge in [-0.25, -0.2) is 0 Å². The number of hydrogen-bond donors (Lipinski definition) is 3. The van der Waals surface area contributed by atoms with Crippen LogP contribution >= 0.6 is 0 Å². The number of nitrogens with one attached hydrogen (secondary N) is 3. The van der Waals surface area contributed by atoms with Crippen LogP contribution in [0.4, 0.5) is 0 Å². The number of aromatic amines is 1. The molecule has 3 N–H and O–H groups in total. The second kappa shape index (κ2) is 6.28. The van der Waals surface area contributed by atoms with Gasteiger partial charge in [0, 0.05) is 30.2 Å². The van der Waals surface area contributed by atoms with Crippen LogP contribution in [0.3, 0.4) is 0 Å². The van der Waals surface area contributed by atoms with Crippen molar-refractivity contribution in [3.05, 3.63) is 48.7 Å². The van der Waals surface area contributed by atoms with E-state index in [1.54, 1.807) is 6.08 Å². The molecule has 2 amide bonds. The molecule has 1 aliphatic carbocycles. The van der Waals surface area contributed by atoms with Gasteiger partial charge >= 0.3 is 0 Å². The molecule has 2 aromatic rings. The Morgan fingerprint density at radius 2 is 1.96 bits per heavy atom. The molecule has 3 rings (SSSR count). The molecule has 120 valence electrons. The molecular formula is C18H21N3O2. The first-order valence-corrected chi connectivity index (χ1v) is 7.90. The zero-order chi connectivity index (χ0) is 16.3. The number of hydrogen-bond acceptors (Lipinski definition) is 2. The van der Waals surface area contributed by atoms with Gasteiger partial charge < -0.3 is 15.6 Å². The maximum atomic E-state index is 12.3. The van der Waals surface area contributed by atoms with Crippen LogP contribution in [0.15, 0.2) is 43.1 Å². The Morgan fingerprint density at radius 3 is 2.70 bits per heavy atom. The van der Waals surface area contributed by atoms with Gasteiger partial charge in [-0.3, -0.25) is 9.59 Å². The van der Waals surface area contributed by atoms with E-state index in [1.807, 2.05) is 24.4 Å². The second-order valence-electron chi connectivity index (χ2n) is 5.95. The van der Waals surface area contributed by atoms with Crippen molar-refractivity contribution in [2.45, 2.75) is 19.3 Å². The van der Waals surface area contributed by atoms with E-state index >= 15 is 0 Å². The van der Waals surface area contributed by atoms with Crippen molar-refractivity contribution >= 4 is 22.7 Å². The van der Waals surface area contributed by atoms with Gasteiger partial charge in [-0.05, 0) is 30.9 Å². The number of amides is 2. The lowest BCUT2D eigenvalue weighted by Gasteiger charge is -2.14. The summed E-state index contributed by atoms with van der Waals surface area (Å²) in [6.45, 7) is 4.48. The minimum Gasteiger partial charge on any atom is -0.361 e. The Labute approximate surface area is 135 Å². The smallest absolute Gasteiger partial charge is 0.235 e. The summed E-state index contributed by atoms with van der Waals surface area (Å²) in [5.74, 6) is -0.360. The highest BCUT2D eigenvalue weighted by Crippen LogP contribution is 2.46. The maximum Gasteiger partial charge on any atom is 0.235 e. The van der Waals surface area contributed by atoms with Crippen molar-refractivity contribution in [2.75, 3.05) is 13.1 Å². The minimum atomic E-state index is -0.858. The Morgan fingerprint density at radius 1 is 1.22 bits per heavy atom. The molecule has 1 saturated carbocycles. The number of rotatable bonds is 7. The summed E-state index contributed by atoms with van der Waals surface area (Å²) in [5.41, 5.74) is 1.40. The van der Waals surface area contributed by atoms with Gasteiger partial charge in [0.15, 0.2) is 0 Å². The van der Waals surface area contributed by atoms with Crippen LogP contribution in [0.2, 0.25) is 0 Å². The number of carbonyl (C=O) groups is 2. The summed E-state index contributed by atoms with van der Waals surface area (Å²) in [6.07, 6.45) is 5.56. The average molecular weight is 311 g/mol. The highest BCUT2D eigenvalue weighted by Gasteiger charge is 2.56. The number of aromatic nitrogens is 1. The number of carbonyl (C=O) groups excluding carboxylic acids is 2. The molecule has 0 unspecified atom stereocenters. The van der Waals surface area contributed by atoms with Gasteiger partial charge in [0.2, 0.25) is 11.8 Å². The number of benzene rings is 1. The van der Waals surface area contributed by atoms with Crippen LogP contribution in [0.5, 0.6) is 0 Å². The van der Waals surface area contributed by atoms with Gasteiger partial charge in [-0.1, -0.05) is 24.3 Å². The van der Waals surface area contributed by atoms with E-state index in [2.05, 4.69) is 28.3 Å². The van der Waals surface area contributed by atoms with Crippen molar-refractivity contribution in [2.24, 2.45) is 5.41 Å². The molecule has 0 aliphatic heterocycles. The zero-order valence-corrected chi connectivity index (χ0v) is 13.0. The first kappa shape index (κ1) is 15.3. The molecule has 1 aromatic heterocycles. The SMILES string of the molecule is C=CCNC(=O)C1(C(=O)NCCc2c[nH]c3ccccc23)CC1. The van der Waals surface area contributed by atoms with Crippen molar-refractivity contribution < 1.29 is 9.59 Å². The molecule has 0 radical (unpaired) electrons. The lowest BCUT2D eigenvalue weighted by Crippen LogP contribution is -2.43. The van der Waals surface area contributed by atoms with E-state index in [1.165, 1.54) is 10.9 Å². The van der Waals surface area contributed by atoms with Crippen molar-refractivity contribution in [3.63, 3.8) is 0 Å². The third kappa shape index (κ3) is 2.99. The number of fused-ring (bicyclic) bond motifs is 1. The lowest BCUT2D eigenvalue weighted by atomic mass is 10.0. The van der Waals surface area contributed by atoms with Gasteiger partial charge in [-0.2, -0.15) is 0 Å². The molecule has 1 heterocycles. The summed E-state index contributed by atoms with van der Waals surface area (Å²) >= 11 is 0. The molecule has 23 heavy (non-hydrogen) atoms. The largest absolute Gasteiger partial charge is 0.361 e. The van der Waals surface area contributed by atoms with Gasteiger partial charge in [-0.15, -0.1) is 6.58 Å². The third-order valence-electron chi connectivity index (χ3n) is 4.38. The van der Waals surface area contributed by atoms with Crippen LogP contribution in [-0.4, -0.2) is 29.9 Å². The van der Waals surface area contributed by atoms with E-state index in [9.17, 15) is 9.59 Å². The Hall–Kier alpha value is -2.56. The molecule has 1 aromatic carbocycles. The Balaban J connectivity index is 1.55. The predicted molar refractivity (Wildman–Crippen MR) is 89.9 cm³/mol. The zero-order valence-electron chi connectivity index (χ0n) is 13.0. The second-order valence-corrected chi connectivity index (χ2v) is 5.95. The van der Waals surface area contributed by atoms with Crippen molar-refractivity contribution in [3.8, 4) is 0 Å². The average Bonchev–Trinajstić information content (AvgIpc) is 3.29. The van der Waals surface area contributed by atoms with Crippen LogP contribution in [0, 0.1) is 5.41 Å². The van der Waals surface area contributed by atoms with Crippen molar-refractivity contribution in [1.82, 2.24) is 15.6 Å². The minimum absolute atomic E-state index is 0.168. The quantitative estimate of drug-likeness (QED) is 0.540. The summed E-state index contributed by atoms with van der Waals surface area (Å²) < 4.78 is 0. The summed E-state index contributed by atoms with van der Waals surface area (Å²) in [5, 5.41) is 6.80. The lowest BCUT2D eigenvalue weighted by molar-refractivity contribution is -0.137. The highest BCUT2D eigenvalue weighted by molar-refractivity contribution is 6.07. The molecule has 1 fully saturated rings. The Bertz CT molecular complexity index is 744. The molecule has 0 atom stereocenters. The van der Waals surface area contributed by atoms with E-state index in [0.717, 1.165) is 11.9 Å². The fraction of sp³-hybridized carbons (Fsp3) is 0.333. The van der Waals surface area contributed by atoms with Crippen LogP contribution in [-0.2, 0) is 16.0 Å². The van der Waals surface area contributed by atoms with E-state index in [4.69, 9.17) is 0 Å². The Kier molecular flexibility index (Phi) is 4.19. The number of H-pyrrole nitrogens is 1. The molecule has 0 saturated heterocycles. The normalized spacial score (nSPS) is 15.1. The fourth-order valence-corrected chi connectivity index (χ4v) is 2.83. The molecule has 0 bridgehead atoms. The maximum absolute atomic E-state index is 12.3. The highest BCUT2D eigenvalue weighted by atomic mass is 16.2. The molecule has 1 aliphatic rings. The molecule has 0 spiro atoms. The fourth-order valence-electron chi connectivity index (χ4n) is 2.83. The standard InChI is InChI=1S/C18H21N3O2/c1-2-10-19-16(22)18(8-9-18)17(23)20-11-7-13-12-21-15-6-4-3-5-14(13)15/h2-6,12,21H,1,7-11H2,(H,19,22)(H,20,23). The third-order valence-corrected chi connectivity index (χ3v) is 4.38. The molecular weight excluding hydrogens is 290 g/mol. The van der Waals surface area contributed by atoms with E-state index in [0.29, 0.717) is 25.9 Å². The first-order chi connectivity index (χ1) is 11.2. The van der Waals surface area contributed by atoms with E-state index in [-0.39, 0.29) is 11.8 Å². The van der Waals surface area contributed by atoms with Crippen LogP contribution in [0.1, 0.15) is 18.4 Å². The van der Waals surface area contributed by atoms with Gasteiger partial charge in [0.1, 0.15) is 5.41 Å². The molecule has 5 nitrogen and oxygen atoms in total. The number of para-hydroxylation sites is 1. The monoisotopic (exact) mass is 311 g/mol. The van der Waals surface area contributed by atoms with Gasteiger partial charge in [0.05, 0.1) is 0 Å². The van der Waals surface area contributed by atoms with Crippen molar-refractivity contribution in [1.29, 1.82) is 0 Å². The summed E-state index contributed by atoms with van der Waals surface area (Å²) in [6, 6.07) is 8.08. The summed E-state index contributed by atoms with van der Waals surface area (Å²) in [7, 11) is 0. The predicted octanol–water partition coefficient (Wildman–Crippen LogP) is 1.91. The van der Waals surface area contributed by atoms with Gasteiger partial charge in [0.25, 0.3) is 0 Å². The summed E-state index contributed by atoms with van der Waals surface area (Å²) in [4.78, 5) is 27.6. The molecule has 5 heteroatoms. The van der Waals surface area contributed by atoms with Crippen LogP contribution < -0.4 is 10.6 Å². The van der Waals surface area contributed by atoms with E-state index < -0.39 is 5.41 Å².